The van der Waals surface area contributed by atoms with E-state index in [1.807, 2.05) is 0 Å². The maximum atomic E-state index is 11.1. The van der Waals surface area contributed by atoms with Gasteiger partial charge in [0.1, 0.15) is 0 Å². The molecule has 1 aliphatic rings. The Hall–Kier alpha value is -1.36. The molecule has 0 aliphatic carbocycles. The first-order valence-electron chi connectivity index (χ1n) is 3.52. The van der Waals surface area contributed by atoms with Gasteiger partial charge in [-0.05, 0) is 19.4 Å². The summed E-state index contributed by atoms with van der Waals surface area (Å²) in [6, 6.07) is -0.460. The zero-order chi connectivity index (χ0) is 9.35. The fraction of sp³-hybridized carbons (Fsp3) is 0.429. The number of hydrogen-bond acceptors (Lipinski definition) is 3. The fourth-order valence-corrected chi connectivity index (χ4v) is 0.967. The van der Waals surface area contributed by atoms with E-state index in [1.165, 1.54) is 13.1 Å². The van der Waals surface area contributed by atoms with Crippen LogP contribution in [0.5, 0.6) is 0 Å². The molecule has 5 nitrogen and oxygen atoms in total. The molecule has 2 amide bonds. The molecule has 0 saturated heterocycles. The molecule has 0 bridgehead atoms. The summed E-state index contributed by atoms with van der Waals surface area (Å²) in [5.74, 6) is -0.286. The second-order valence-electron chi connectivity index (χ2n) is 2.79. The maximum Gasteiger partial charge on any atom is 0.320 e. The van der Waals surface area contributed by atoms with E-state index in [1.54, 1.807) is 6.92 Å². The van der Waals surface area contributed by atoms with Crippen molar-refractivity contribution < 1.29 is 9.59 Å². The zero-order valence-electron chi connectivity index (χ0n) is 6.97. The molecule has 1 heterocycles. The molecule has 0 aromatic heterocycles. The lowest BCUT2D eigenvalue weighted by Crippen LogP contribution is -2.65. The van der Waals surface area contributed by atoms with Gasteiger partial charge in [0.25, 0.3) is 0 Å². The van der Waals surface area contributed by atoms with E-state index in [-0.39, 0.29) is 5.78 Å². The molecule has 0 radical (unpaired) electrons. The molecule has 0 spiro atoms. The zero-order valence-corrected chi connectivity index (χ0v) is 6.97. The summed E-state index contributed by atoms with van der Waals surface area (Å²) in [6.07, 6.45) is 1.43. The Morgan fingerprint density at radius 2 is 2.25 bits per heavy atom. The molecule has 0 fully saturated rings. The highest BCUT2D eigenvalue weighted by Gasteiger charge is 2.36. The van der Waals surface area contributed by atoms with Crippen LogP contribution >= 0.6 is 0 Å². The van der Waals surface area contributed by atoms with Crippen molar-refractivity contribution >= 4 is 11.8 Å². The number of rotatable bonds is 1. The van der Waals surface area contributed by atoms with Crippen molar-refractivity contribution in [1.29, 1.82) is 0 Å². The number of carbonyl (C=O) groups is 2. The molecular weight excluding hydrogens is 158 g/mol. The Morgan fingerprint density at radius 1 is 1.67 bits per heavy atom. The predicted octanol–water partition coefficient (Wildman–Crippen LogP) is -0.553. The van der Waals surface area contributed by atoms with Crippen LogP contribution < -0.4 is 16.4 Å². The van der Waals surface area contributed by atoms with Crippen molar-refractivity contribution in [3.8, 4) is 0 Å². The van der Waals surface area contributed by atoms with Crippen LogP contribution in [0.15, 0.2) is 11.8 Å². The van der Waals surface area contributed by atoms with Gasteiger partial charge in [-0.2, -0.15) is 0 Å². The average Bonchev–Trinajstić information content (AvgIpc) is 1.97. The van der Waals surface area contributed by atoms with Gasteiger partial charge in [0.2, 0.25) is 0 Å². The van der Waals surface area contributed by atoms with E-state index in [0.29, 0.717) is 5.57 Å². The summed E-state index contributed by atoms with van der Waals surface area (Å²) in [4.78, 5) is 21.9. The smallest absolute Gasteiger partial charge is 0.315 e. The van der Waals surface area contributed by atoms with Crippen molar-refractivity contribution in [2.75, 3.05) is 0 Å². The van der Waals surface area contributed by atoms with Crippen LogP contribution in [0.3, 0.4) is 0 Å². The first kappa shape index (κ1) is 8.73. The number of carbonyl (C=O) groups excluding carboxylic acids is 2. The van der Waals surface area contributed by atoms with Crippen LogP contribution in [0.2, 0.25) is 0 Å². The lowest BCUT2D eigenvalue weighted by atomic mass is 9.97. The number of urea groups is 1. The minimum atomic E-state index is -1.33. The second-order valence-corrected chi connectivity index (χ2v) is 2.79. The highest BCUT2D eigenvalue weighted by atomic mass is 16.2. The predicted molar refractivity (Wildman–Crippen MR) is 43.0 cm³/mol. The van der Waals surface area contributed by atoms with Gasteiger partial charge in [-0.15, -0.1) is 0 Å². The van der Waals surface area contributed by atoms with E-state index in [9.17, 15) is 9.59 Å². The molecule has 1 rings (SSSR count). The number of amides is 2. The summed E-state index contributed by atoms with van der Waals surface area (Å²) >= 11 is 0. The molecule has 1 unspecified atom stereocenters. The number of hydrogen-bond donors (Lipinski definition) is 3. The Bertz CT molecular complexity index is 272. The van der Waals surface area contributed by atoms with Crippen LogP contribution in [0.4, 0.5) is 4.79 Å². The van der Waals surface area contributed by atoms with Crippen LogP contribution in [0, 0.1) is 0 Å². The third-order valence-electron chi connectivity index (χ3n) is 1.91. The summed E-state index contributed by atoms with van der Waals surface area (Å²) in [5.41, 5.74) is 4.91. The molecule has 66 valence electrons. The fourth-order valence-electron chi connectivity index (χ4n) is 0.967. The van der Waals surface area contributed by atoms with E-state index < -0.39 is 11.7 Å². The molecule has 12 heavy (non-hydrogen) atoms. The summed E-state index contributed by atoms with van der Waals surface area (Å²) in [7, 11) is 0. The van der Waals surface area contributed by atoms with Gasteiger partial charge in [0, 0.05) is 6.20 Å². The van der Waals surface area contributed by atoms with Crippen molar-refractivity contribution in [2.24, 2.45) is 5.73 Å². The van der Waals surface area contributed by atoms with E-state index >= 15 is 0 Å². The van der Waals surface area contributed by atoms with Gasteiger partial charge in [0.05, 0.1) is 0 Å². The Labute approximate surface area is 70.0 Å². The maximum absolute atomic E-state index is 11.1. The van der Waals surface area contributed by atoms with Crippen molar-refractivity contribution in [2.45, 2.75) is 19.5 Å². The second kappa shape index (κ2) is 2.60. The first-order chi connectivity index (χ1) is 5.47. The molecule has 1 atom stereocenters. The lowest BCUT2D eigenvalue weighted by molar-refractivity contribution is -0.121. The van der Waals surface area contributed by atoms with Gasteiger partial charge < -0.3 is 10.6 Å². The van der Waals surface area contributed by atoms with E-state index in [4.69, 9.17) is 5.73 Å². The normalized spacial score (nSPS) is 28.6. The van der Waals surface area contributed by atoms with Gasteiger partial charge in [-0.1, -0.05) is 0 Å². The molecule has 0 aromatic carbocycles. The third-order valence-corrected chi connectivity index (χ3v) is 1.91. The molecule has 4 N–H and O–H groups in total. The lowest BCUT2D eigenvalue weighted by Gasteiger charge is -2.31. The largest absolute Gasteiger partial charge is 0.320 e. The van der Waals surface area contributed by atoms with Crippen molar-refractivity contribution in [3.05, 3.63) is 11.8 Å². The topological polar surface area (TPSA) is 84.2 Å². The van der Waals surface area contributed by atoms with Gasteiger partial charge in [-0.25, -0.2) is 4.79 Å². The number of Topliss-reactive ketones (excluding diaryl/α,β-unsaturated/α-hetero) is 1. The van der Waals surface area contributed by atoms with E-state index in [2.05, 4.69) is 10.6 Å². The van der Waals surface area contributed by atoms with Crippen LogP contribution in [0.1, 0.15) is 13.8 Å². The summed E-state index contributed by atoms with van der Waals surface area (Å²) < 4.78 is 0. The first-order valence-corrected chi connectivity index (χ1v) is 3.52. The molecular formula is C7H11N3O2. The third kappa shape index (κ3) is 1.18. The standard InChI is InChI=1S/C7H11N3O2/c1-4-3-9-6(12)10-7(4,8)5(2)11/h3H,8H2,1-2H3,(H2,9,10,12). The summed E-state index contributed by atoms with van der Waals surface area (Å²) in [6.45, 7) is 3.01. The highest BCUT2D eigenvalue weighted by molar-refractivity contribution is 5.94. The highest BCUT2D eigenvalue weighted by Crippen LogP contribution is 2.13. The van der Waals surface area contributed by atoms with Gasteiger partial charge in [-0.3, -0.25) is 10.5 Å². The Balaban J connectivity index is 3.03. The average molecular weight is 169 g/mol. The van der Waals surface area contributed by atoms with Crippen molar-refractivity contribution in [3.63, 3.8) is 0 Å². The quantitative estimate of drug-likeness (QED) is 0.492. The van der Waals surface area contributed by atoms with Crippen LogP contribution in [-0.2, 0) is 4.79 Å². The molecule has 0 aromatic rings. The van der Waals surface area contributed by atoms with Gasteiger partial charge >= 0.3 is 6.03 Å². The van der Waals surface area contributed by atoms with Crippen molar-refractivity contribution in [1.82, 2.24) is 10.6 Å². The Morgan fingerprint density at radius 3 is 2.67 bits per heavy atom. The molecule has 0 saturated carbocycles. The summed E-state index contributed by atoms with van der Waals surface area (Å²) in [5, 5.41) is 4.75. The minimum Gasteiger partial charge on any atom is -0.315 e. The SMILES string of the molecule is CC(=O)C1(N)NC(=O)NC=C1C. The molecule has 1 aliphatic heterocycles. The minimum absolute atomic E-state index is 0.286. The van der Waals surface area contributed by atoms with Crippen LogP contribution in [-0.4, -0.2) is 17.5 Å². The van der Waals surface area contributed by atoms with E-state index in [0.717, 1.165) is 0 Å². The number of nitrogens with one attached hydrogen (secondary N) is 2. The number of nitrogens with two attached hydrogens (primary N) is 1. The Kier molecular flexibility index (Phi) is 1.89. The number of ketones is 1. The van der Waals surface area contributed by atoms with Gasteiger partial charge in [0.15, 0.2) is 11.4 Å². The van der Waals surface area contributed by atoms with Crippen LogP contribution in [0.25, 0.3) is 0 Å². The monoisotopic (exact) mass is 169 g/mol. The molecule has 5 heteroatoms.